The van der Waals surface area contributed by atoms with Gasteiger partial charge in [-0.05, 0) is 13.0 Å². The Kier molecular flexibility index (Phi) is 4.61. The van der Waals surface area contributed by atoms with E-state index in [9.17, 15) is 13.2 Å². The van der Waals surface area contributed by atoms with Crippen LogP contribution in [0.4, 0.5) is 13.2 Å². The van der Waals surface area contributed by atoms with E-state index in [2.05, 4.69) is 15.0 Å². The van der Waals surface area contributed by atoms with Gasteiger partial charge < -0.3 is 10.1 Å². The second kappa shape index (κ2) is 6.23. The van der Waals surface area contributed by atoms with Crippen LogP contribution in [0.2, 0.25) is 0 Å². The van der Waals surface area contributed by atoms with Crippen LogP contribution in [-0.2, 0) is 13.1 Å². The Morgan fingerprint density at radius 1 is 1.25 bits per heavy atom. The monoisotopic (exact) mass is 302 g/mol. The molecule has 3 nitrogen and oxygen atoms in total. The third-order valence-electron chi connectivity index (χ3n) is 2.49. The molecule has 0 atom stereocenters. The highest BCUT2D eigenvalue weighted by Gasteiger charge is 2.31. The lowest BCUT2D eigenvalue weighted by Crippen LogP contribution is -2.20. The summed E-state index contributed by atoms with van der Waals surface area (Å²) in [5.41, 5.74) is 1.33. The summed E-state index contributed by atoms with van der Waals surface area (Å²) in [6, 6.07) is 6.08. The van der Waals surface area contributed by atoms with Gasteiger partial charge in [-0.3, -0.25) is 0 Å². The van der Waals surface area contributed by atoms with E-state index in [4.69, 9.17) is 0 Å². The van der Waals surface area contributed by atoms with E-state index in [1.165, 1.54) is 23.5 Å². The number of ether oxygens (including phenoxy) is 1. The van der Waals surface area contributed by atoms with Crippen molar-refractivity contribution in [3.05, 3.63) is 45.9 Å². The lowest BCUT2D eigenvalue weighted by atomic mass is 10.2. The van der Waals surface area contributed by atoms with Gasteiger partial charge in [-0.1, -0.05) is 18.2 Å². The number of halogens is 3. The first kappa shape index (κ1) is 14.8. The Morgan fingerprint density at radius 3 is 2.65 bits per heavy atom. The summed E-state index contributed by atoms with van der Waals surface area (Å²) >= 11 is 1.54. The molecule has 1 heterocycles. The molecule has 0 saturated carbocycles. The molecule has 7 heteroatoms. The molecule has 0 unspecified atom stereocenters. The van der Waals surface area contributed by atoms with Crippen molar-refractivity contribution in [2.45, 2.75) is 26.4 Å². The number of rotatable bonds is 5. The summed E-state index contributed by atoms with van der Waals surface area (Å²) in [7, 11) is 0. The molecule has 1 N–H and O–H groups in total. The summed E-state index contributed by atoms with van der Waals surface area (Å²) in [6.07, 6.45) is -4.68. The van der Waals surface area contributed by atoms with E-state index in [1.807, 2.05) is 12.3 Å². The van der Waals surface area contributed by atoms with Crippen LogP contribution in [-0.4, -0.2) is 11.3 Å². The van der Waals surface area contributed by atoms with Gasteiger partial charge in [-0.2, -0.15) is 0 Å². The van der Waals surface area contributed by atoms with E-state index in [1.54, 1.807) is 12.1 Å². The van der Waals surface area contributed by atoms with Gasteiger partial charge >= 0.3 is 6.36 Å². The van der Waals surface area contributed by atoms with E-state index in [-0.39, 0.29) is 12.3 Å². The minimum atomic E-state index is -4.68. The van der Waals surface area contributed by atoms with Crippen molar-refractivity contribution in [1.29, 1.82) is 0 Å². The quantitative estimate of drug-likeness (QED) is 0.915. The minimum absolute atomic E-state index is 0.179. The van der Waals surface area contributed by atoms with Gasteiger partial charge in [0.25, 0.3) is 0 Å². The minimum Gasteiger partial charge on any atom is -0.405 e. The molecule has 1 aromatic carbocycles. The van der Waals surface area contributed by atoms with Crippen molar-refractivity contribution in [1.82, 2.24) is 10.3 Å². The maximum atomic E-state index is 12.3. The second-order valence-electron chi connectivity index (χ2n) is 4.12. The number of benzene rings is 1. The Morgan fingerprint density at radius 2 is 2.00 bits per heavy atom. The fraction of sp³-hybridized carbons (Fsp3) is 0.308. The average Bonchev–Trinajstić information content (AvgIpc) is 2.75. The van der Waals surface area contributed by atoms with Gasteiger partial charge in [0.2, 0.25) is 0 Å². The second-order valence-corrected chi connectivity index (χ2v) is 5.18. The van der Waals surface area contributed by atoms with Crippen molar-refractivity contribution in [3.63, 3.8) is 0 Å². The maximum absolute atomic E-state index is 12.3. The highest BCUT2D eigenvalue weighted by Crippen LogP contribution is 2.26. The molecule has 0 fully saturated rings. The molecule has 2 aromatic rings. The number of nitrogens with one attached hydrogen (secondary N) is 1. The van der Waals surface area contributed by atoms with Crippen molar-refractivity contribution < 1.29 is 17.9 Å². The highest BCUT2D eigenvalue weighted by molar-refractivity contribution is 7.09. The fourth-order valence-corrected chi connectivity index (χ4v) is 2.30. The van der Waals surface area contributed by atoms with Crippen LogP contribution in [0.15, 0.2) is 29.6 Å². The third kappa shape index (κ3) is 4.50. The zero-order valence-electron chi connectivity index (χ0n) is 10.7. The van der Waals surface area contributed by atoms with Gasteiger partial charge in [0, 0.05) is 24.0 Å². The Bertz CT molecular complexity index is 569. The van der Waals surface area contributed by atoms with Gasteiger partial charge in [0.1, 0.15) is 5.75 Å². The van der Waals surface area contributed by atoms with Gasteiger partial charge in [0.15, 0.2) is 0 Å². The van der Waals surface area contributed by atoms with Gasteiger partial charge in [-0.25, -0.2) is 4.98 Å². The SMILES string of the molecule is Cc1nc(CNCc2ccccc2OC(F)(F)F)cs1. The standard InChI is InChI=1S/C13H13F3N2OS/c1-9-18-11(8-20-9)7-17-6-10-4-2-3-5-12(10)19-13(14,15)16/h2-5,8,17H,6-7H2,1H3. The molecular weight excluding hydrogens is 289 g/mol. The van der Waals surface area contributed by atoms with Crippen molar-refractivity contribution in [2.75, 3.05) is 0 Å². The number of alkyl halides is 3. The molecule has 0 saturated heterocycles. The number of nitrogens with zero attached hydrogens (tertiary/aromatic N) is 1. The molecule has 1 aromatic heterocycles. The van der Waals surface area contributed by atoms with Crippen LogP contribution < -0.4 is 10.1 Å². The molecule has 108 valence electrons. The Hall–Kier alpha value is -1.60. The van der Waals surface area contributed by atoms with Crippen LogP contribution in [0, 0.1) is 6.92 Å². The Labute approximate surface area is 118 Å². The zero-order valence-corrected chi connectivity index (χ0v) is 11.5. The topological polar surface area (TPSA) is 34.2 Å². The van der Waals surface area contributed by atoms with Crippen LogP contribution in [0.3, 0.4) is 0 Å². The van der Waals surface area contributed by atoms with Crippen molar-refractivity contribution in [2.24, 2.45) is 0 Å². The molecule has 0 aliphatic rings. The molecule has 0 aliphatic heterocycles. The smallest absolute Gasteiger partial charge is 0.405 e. The van der Waals surface area contributed by atoms with Gasteiger partial charge in [-0.15, -0.1) is 24.5 Å². The van der Waals surface area contributed by atoms with E-state index in [0.717, 1.165) is 10.7 Å². The van der Waals surface area contributed by atoms with Crippen molar-refractivity contribution in [3.8, 4) is 5.75 Å². The summed E-state index contributed by atoms with van der Waals surface area (Å²) in [6.45, 7) is 2.69. The molecule has 0 aliphatic carbocycles. The lowest BCUT2D eigenvalue weighted by Gasteiger charge is -2.13. The Balaban J connectivity index is 1.95. The highest BCUT2D eigenvalue weighted by atomic mass is 32.1. The summed E-state index contributed by atoms with van der Waals surface area (Å²) in [5.74, 6) is -0.179. The largest absolute Gasteiger partial charge is 0.573 e. The molecule has 0 bridgehead atoms. The molecular formula is C13H13F3N2OS. The first-order chi connectivity index (χ1) is 9.44. The number of aryl methyl sites for hydroxylation is 1. The number of thiazole rings is 1. The zero-order chi connectivity index (χ0) is 14.6. The predicted molar refractivity (Wildman–Crippen MR) is 70.5 cm³/mol. The number of hydrogen-bond donors (Lipinski definition) is 1. The van der Waals surface area contributed by atoms with Gasteiger partial charge in [0.05, 0.1) is 10.7 Å². The van der Waals surface area contributed by atoms with Crippen LogP contribution in [0.25, 0.3) is 0 Å². The normalized spacial score (nSPS) is 11.6. The summed E-state index contributed by atoms with van der Waals surface area (Å²) in [4.78, 5) is 4.27. The summed E-state index contributed by atoms with van der Waals surface area (Å²) < 4.78 is 40.8. The molecule has 20 heavy (non-hydrogen) atoms. The molecule has 0 spiro atoms. The predicted octanol–water partition coefficient (Wildman–Crippen LogP) is 3.64. The maximum Gasteiger partial charge on any atom is 0.573 e. The van der Waals surface area contributed by atoms with Crippen molar-refractivity contribution >= 4 is 11.3 Å². The lowest BCUT2D eigenvalue weighted by molar-refractivity contribution is -0.274. The molecule has 2 rings (SSSR count). The molecule has 0 radical (unpaired) electrons. The van der Waals surface area contributed by atoms with Crippen LogP contribution >= 0.6 is 11.3 Å². The number of aromatic nitrogens is 1. The average molecular weight is 302 g/mol. The van der Waals surface area contributed by atoms with E-state index >= 15 is 0 Å². The molecule has 0 amide bonds. The number of hydrogen-bond acceptors (Lipinski definition) is 4. The van der Waals surface area contributed by atoms with E-state index in [0.29, 0.717) is 12.1 Å². The third-order valence-corrected chi connectivity index (χ3v) is 3.31. The number of para-hydroxylation sites is 1. The summed E-state index contributed by atoms with van der Waals surface area (Å²) in [5, 5.41) is 5.93. The van der Waals surface area contributed by atoms with E-state index < -0.39 is 6.36 Å². The first-order valence-electron chi connectivity index (χ1n) is 5.89. The van der Waals surface area contributed by atoms with Crippen LogP contribution in [0.1, 0.15) is 16.3 Å². The van der Waals surface area contributed by atoms with Crippen LogP contribution in [0.5, 0.6) is 5.75 Å². The first-order valence-corrected chi connectivity index (χ1v) is 6.77. The fourth-order valence-electron chi connectivity index (χ4n) is 1.69.